The number of nitrogens with one attached hydrogen (secondary N) is 1. The van der Waals surface area contributed by atoms with E-state index in [1.807, 2.05) is 6.07 Å². The van der Waals surface area contributed by atoms with Gasteiger partial charge in [-0.1, -0.05) is 0 Å². The Balaban J connectivity index is 2.05. The van der Waals surface area contributed by atoms with E-state index in [1.54, 1.807) is 6.92 Å². The molecule has 1 aromatic rings. The number of aliphatic carboxylic acids is 1. The maximum Gasteiger partial charge on any atom is 0.322 e. The Labute approximate surface area is 120 Å². The highest BCUT2D eigenvalue weighted by Gasteiger charge is 2.28. The molecular formula is C12H14N4O3S. The zero-order valence-corrected chi connectivity index (χ0v) is 11.7. The normalized spacial score (nSPS) is 18.4. The summed E-state index contributed by atoms with van der Waals surface area (Å²) in [5.41, 5.74) is 0.935. The Morgan fingerprint density at radius 3 is 3.00 bits per heavy atom. The summed E-state index contributed by atoms with van der Waals surface area (Å²) in [5, 5.41) is 21.1. The third kappa shape index (κ3) is 2.88. The molecule has 2 N–H and O–H groups in total. The van der Waals surface area contributed by atoms with Crippen molar-refractivity contribution in [1.29, 1.82) is 5.26 Å². The molecule has 2 heterocycles. The number of urea groups is 1. The van der Waals surface area contributed by atoms with Crippen LogP contribution in [0.5, 0.6) is 0 Å². The molecule has 0 aliphatic carbocycles. The summed E-state index contributed by atoms with van der Waals surface area (Å²) >= 11 is 1.05. The number of hydrogen-bond donors (Lipinski definition) is 2. The summed E-state index contributed by atoms with van der Waals surface area (Å²) in [6, 6.07) is 1.62. The lowest BCUT2D eigenvalue weighted by Crippen LogP contribution is -2.44. The van der Waals surface area contributed by atoms with Gasteiger partial charge < -0.3 is 10.0 Å². The molecular weight excluding hydrogens is 280 g/mol. The Bertz CT molecular complexity index is 578. The predicted molar refractivity (Wildman–Crippen MR) is 72.5 cm³/mol. The first-order chi connectivity index (χ1) is 9.52. The molecule has 20 heavy (non-hydrogen) atoms. The van der Waals surface area contributed by atoms with Crippen molar-refractivity contribution in [3.8, 4) is 6.07 Å². The monoisotopic (exact) mass is 294 g/mol. The summed E-state index contributed by atoms with van der Waals surface area (Å²) in [6.07, 6.45) is 1.25. The fourth-order valence-corrected chi connectivity index (χ4v) is 2.86. The minimum absolute atomic E-state index is 0.195. The summed E-state index contributed by atoms with van der Waals surface area (Å²) in [6.45, 7) is 2.42. The first kappa shape index (κ1) is 14.3. The van der Waals surface area contributed by atoms with Crippen molar-refractivity contribution in [3.63, 3.8) is 0 Å². The van der Waals surface area contributed by atoms with Gasteiger partial charge in [-0.2, -0.15) is 9.64 Å². The van der Waals surface area contributed by atoms with Gasteiger partial charge in [-0.15, -0.1) is 0 Å². The molecule has 1 atom stereocenters. The lowest BCUT2D eigenvalue weighted by molar-refractivity contribution is -0.143. The van der Waals surface area contributed by atoms with Gasteiger partial charge in [-0.25, -0.2) is 4.79 Å². The van der Waals surface area contributed by atoms with Gasteiger partial charge >= 0.3 is 12.0 Å². The molecule has 0 saturated carbocycles. The number of hydrogen-bond acceptors (Lipinski definition) is 5. The van der Waals surface area contributed by atoms with Gasteiger partial charge in [0.1, 0.15) is 16.6 Å². The number of aryl methyl sites for hydroxylation is 1. The summed E-state index contributed by atoms with van der Waals surface area (Å²) < 4.78 is 4.02. The van der Waals surface area contributed by atoms with Crippen LogP contribution >= 0.6 is 11.5 Å². The van der Waals surface area contributed by atoms with Crippen molar-refractivity contribution < 1.29 is 14.7 Å². The summed E-state index contributed by atoms with van der Waals surface area (Å²) in [7, 11) is 0. The van der Waals surface area contributed by atoms with Gasteiger partial charge in [0.05, 0.1) is 11.6 Å². The van der Waals surface area contributed by atoms with Gasteiger partial charge in [0, 0.05) is 13.1 Å². The predicted octanol–water partition coefficient (Wildman–Crippen LogP) is 1.65. The number of carboxylic acid groups (broad SMARTS) is 1. The molecule has 0 aromatic carbocycles. The van der Waals surface area contributed by atoms with Crippen molar-refractivity contribution in [2.24, 2.45) is 5.92 Å². The zero-order valence-electron chi connectivity index (χ0n) is 10.9. The minimum atomic E-state index is -0.881. The van der Waals surface area contributed by atoms with E-state index in [1.165, 1.54) is 4.90 Å². The van der Waals surface area contributed by atoms with E-state index in [9.17, 15) is 9.59 Å². The quantitative estimate of drug-likeness (QED) is 0.862. The van der Waals surface area contributed by atoms with Gasteiger partial charge in [0.25, 0.3) is 0 Å². The van der Waals surface area contributed by atoms with Crippen LogP contribution in [0.4, 0.5) is 9.80 Å². The number of aromatic nitrogens is 1. The van der Waals surface area contributed by atoms with Crippen molar-refractivity contribution in [1.82, 2.24) is 9.27 Å². The Morgan fingerprint density at radius 2 is 2.35 bits per heavy atom. The van der Waals surface area contributed by atoms with E-state index in [-0.39, 0.29) is 12.6 Å². The highest BCUT2D eigenvalue weighted by atomic mass is 32.1. The largest absolute Gasteiger partial charge is 0.481 e. The van der Waals surface area contributed by atoms with Gasteiger partial charge in [0.15, 0.2) is 0 Å². The van der Waals surface area contributed by atoms with Crippen LogP contribution in [0.15, 0.2) is 0 Å². The van der Waals surface area contributed by atoms with E-state index < -0.39 is 11.9 Å². The van der Waals surface area contributed by atoms with Crippen LogP contribution in [-0.4, -0.2) is 39.5 Å². The van der Waals surface area contributed by atoms with Gasteiger partial charge in [-0.05, 0) is 31.3 Å². The molecule has 7 nitrogen and oxygen atoms in total. The second kappa shape index (κ2) is 5.88. The number of carbonyl (C=O) groups excluding carboxylic acids is 1. The van der Waals surface area contributed by atoms with E-state index in [0.717, 1.165) is 11.5 Å². The maximum absolute atomic E-state index is 12.1. The third-order valence-electron chi connectivity index (χ3n) is 3.25. The van der Waals surface area contributed by atoms with Crippen molar-refractivity contribution in [2.75, 3.05) is 18.4 Å². The number of amides is 2. The molecule has 2 rings (SSSR count). The molecule has 1 fully saturated rings. The zero-order chi connectivity index (χ0) is 14.7. The van der Waals surface area contributed by atoms with Crippen molar-refractivity contribution in [3.05, 3.63) is 11.3 Å². The second-order valence-electron chi connectivity index (χ2n) is 4.64. The Hall–Kier alpha value is -2.14. The number of likely N-dealkylation sites (tertiary alicyclic amines) is 1. The van der Waals surface area contributed by atoms with Crippen LogP contribution in [0.25, 0.3) is 0 Å². The number of rotatable bonds is 2. The topological polar surface area (TPSA) is 106 Å². The molecule has 1 aliphatic rings. The maximum atomic E-state index is 12.1. The molecule has 106 valence electrons. The molecule has 1 unspecified atom stereocenters. The van der Waals surface area contributed by atoms with Crippen LogP contribution in [0, 0.1) is 24.2 Å². The molecule has 0 radical (unpaired) electrons. The molecule has 1 aromatic heterocycles. The smallest absolute Gasteiger partial charge is 0.322 e. The molecule has 2 amide bonds. The van der Waals surface area contributed by atoms with Crippen LogP contribution in [-0.2, 0) is 4.79 Å². The lowest BCUT2D eigenvalue weighted by Gasteiger charge is -2.30. The van der Waals surface area contributed by atoms with Crippen LogP contribution in [0.3, 0.4) is 0 Å². The summed E-state index contributed by atoms with van der Waals surface area (Å²) in [4.78, 5) is 24.6. The fraction of sp³-hybridized carbons (Fsp3) is 0.500. The molecule has 1 saturated heterocycles. The number of nitriles is 1. The van der Waals surface area contributed by atoms with Gasteiger partial charge in [-0.3, -0.25) is 10.1 Å². The molecule has 8 heteroatoms. The number of carboxylic acids is 1. The first-order valence-electron chi connectivity index (χ1n) is 6.18. The van der Waals surface area contributed by atoms with Crippen LogP contribution in [0.2, 0.25) is 0 Å². The Kier molecular flexibility index (Phi) is 4.20. The van der Waals surface area contributed by atoms with E-state index >= 15 is 0 Å². The van der Waals surface area contributed by atoms with Crippen LogP contribution < -0.4 is 5.32 Å². The highest BCUT2D eigenvalue weighted by molar-refractivity contribution is 7.10. The second-order valence-corrected chi connectivity index (χ2v) is 5.41. The molecule has 0 spiro atoms. The average Bonchev–Trinajstić information content (AvgIpc) is 2.79. The molecule has 0 bridgehead atoms. The van der Waals surface area contributed by atoms with E-state index in [2.05, 4.69) is 9.69 Å². The van der Waals surface area contributed by atoms with Gasteiger partial charge in [0.2, 0.25) is 0 Å². The van der Waals surface area contributed by atoms with Crippen molar-refractivity contribution >= 4 is 28.5 Å². The number of nitrogens with zero attached hydrogens (tertiary/aromatic N) is 3. The van der Waals surface area contributed by atoms with E-state index in [4.69, 9.17) is 10.4 Å². The fourth-order valence-electron chi connectivity index (χ4n) is 2.13. The minimum Gasteiger partial charge on any atom is -0.481 e. The highest BCUT2D eigenvalue weighted by Crippen LogP contribution is 2.24. The third-order valence-corrected chi connectivity index (χ3v) is 4.11. The standard InChI is InChI=1S/C12H14N4O3S/c1-7-9(5-13)10(20-15-7)14-12(19)16-4-2-3-8(6-16)11(17)18/h8H,2-4,6H2,1H3,(H,14,19)(H,17,18). The molecule has 1 aliphatic heterocycles. The SMILES string of the molecule is Cc1nsc(NC(=O)N2CCCC(C(=O)O)C2)c1C#N. The lowest BCUT2D eigenvalue weighted by atomic mass is 9.99. The number of carbonyl (C=O) groups is 2. The van der Waals surface area contributed by atoms with Crippen LogP contribution in [0.1, 0.15) is 24.1 Å². The summed E-state index contributed by atoms with van der Waals surface area (Å²) in [5.74, 6) is -1.40. The number of piperidine rings is 1. The van der Waals surface area contributed by atoms with Crippen molar-refractivity contribution in [2.45, 2.75) is 19.8 Å². The first-order valence-corrected chi connectivity index (χ1v) is 6.95. The number of anilines is 1. The van der Waals surface area contributed by atoms with E-state index in [0.29, 0.717) is 35.6 Å². The average molecular weight is 294 g/mol. The Morgan fingerprint density at radius 1 is 1.60 bits per heavy atom.